The van der Waals surface area contributed by atoms with E-state index in [1.54, 1.807) is 0 Å². The molecule has 3 N–H and O–H groups in total. The van der Waals surface area contributed by atoms with Crippen LogP contribution < -0.4 is 11.1 Å². The third-order valence-electron chi connectivity index (χ3n) is 4.70. The molecule has 0 radical (unpaired) electrons. The number of nitrogens with two attached hydrogens (primary N) is 1. The second-order valence-electron chi connectivity index (χ2n) is 5.67. The van der Waals surface area contributed by atoms with Crippen molar-refractivity contribution in [2.75, 3.05) is 6.54 Å². The lowest BCUT2D eigenvalue weighted by atomic mass is 9.45. The highest BCUT2D eigenvalue weighted by molar-refractivity contribution is 5.79. The third-order valence-corrected chi connectivity index (χ3v) is 4.70. The van der Waals surface area contributed by atoms with Crippen molar-refractivity contribution in [2.24, 2.45) is 28.9 Å². The zero-order valence-corrected chi connectivity index (χ0v) is 9.92. The number of carbonyl (C=O) groups is 1. The normalized spacial score (nSPS) is 41.9. The molecule has 1 unspecified atom stereocenters. The van der Waals surface area contributed by atoms with Crippen LogP contribution in [0.5, 0.6) is 0 Å². The lowest BCUT2D eigenvalue weighted by Crippen LogP contribution is -2.63. The monoisotopic (exact) mass is 210 g/mol. The van der Waals surface area contributed by atoms with E-state index in [4.69, 9.17) is 5.73 Å². The number of carbonyl (C=O) groups excluding carboxylic acids is 1. The average molecular weight is 210 g/mol. The molecule has 0 aliphatic heterocycles. The van der Waals surface area contributed by atoms with Crippen LogP contribution >= 0.6 is 0 Å². The molecule has 86 valence electrons. The summed E-state index contributed by atoms with van der Waals surface area (Å²) in [7, 11) is 0. The Morgan fingerprint density at radius 2 is 2.13 bits per heavy atom. The highest BCUT2D eigenvalue weighted by Gasteiger charge is 2.57. The first kappa shape index (κ1) is 10.9. The summed E-state index contributed by atoms with van der Waals surface area (Å²) >= 11 is 0. The first-order valence-corrected chi connectivity index (χ1v) is 6.01. The highest BCUT2D eigenvalue weighted by atomic mass is 16.1. The molecule has 3 nitrogen and oxygen atoms in total. The zero-order chi connectivity index (χ0) is 11.2. The van der Waals surface area contributed by atoms with Gasteiger partial charge in [0.1, 0.15) is 0 Å². The van der Waals surface area contributed by atoms with Crippen LogP contribution in [0.4, 0.5) is 0 Å². The highest BCUT2D eigenvalue weighted by Crippen LogP contribution is 2.60. The Bertz CT molecular complexity index is 275. The summed E-state index contributed by atoms with van der Waals surface area (Å²) in [5.74, 6) is 1.47. The van der Waals surface area contributed by atoms with Crippen molar-refractivity contribution < 1.29 is 4.79 Å². The molecule has 3 heteroatoms. The van der Waals surface area contributed by atoms with Gasteiger partial charge < -0.3 is 11.1 Å². The number of hydrogen-bond acceptors (Lipinski definition) is 2. The van der Waals surface area contributed by atoms with Crippen LogP contribution in [0.2, 0.25) is 0 Å². The second kappa shape index (κ2) is 3.48. The van der Waals surface area contributed by atoms with Crippen LogP contribution in [-0.2, 0) is 4.79 Å². The summed E-state index contributed by atoms with van der Waals surface area (Å²) in [5, 5.41) is 2.90. The maximum Gasteiger partial charge on any atom is 0.224 e. The molecule has 3 aliphatic carbocycles. The standard InChI is InChI=1S/C12H22N2O/c1-4-14-11(15)8-5-7-6-9(10(8)13)12(7,2)3/h7-10H,4-6,13H2,1-3H3,(H,14,15)/t7-,8?,9-,10-/m1/s1. The minimum atomic E-state index is 0.0572. The fourth-order valence-electron chi connectivity index (χ4n) is 3.44. The third kappa shape index (κ3) is 1.48. The van der Waals surface area contributed by atoms with Gasteiger partial charge in [-0.15, -0.1) is 0 Å². The van der Waals surface area contributed by atoms with Crippen LogP contribution in [0.1, 0.15) is 33.6 Å². The Balaban J connectivity index is 2.05. The van der Waals surface area contributed by atoms with Crippen LogP contribution in [-0.4, -0.2) is 18.5 Å². The zero-order valence-electron chi connectivity index (χ0n) is 9.92. The van der Waals surface area contributed by atoms with Gasteiger partial charge in [-0.3, -0.25) is 4.79 Å². The predicted molar refractivity (Wildman–Crippen MR) is 60.1 cm³/mol. The van der Waals surface area contributed by atoms with Gasteiger partial charge >= 0.3 is 0 Å². The summed E-state index contributed by atoms with van der Waals surface area (Å²) in [5.41, 5.74) is 6.57. The fourth-order valence-corrected chi connectivity index (χ4v) is 3.44. The van der Waals surface area contributed by atoms with Gasteiger partial charge in [0.05, 0.1) is 5.92 Å². The van der Waals surface area contributed by atoms with E-state index in [0.717, 1.165) is 6.42 Å². The molecule has 2 bridgehead atoms. The van der Waals surface area contributed by atoms with Crippen LogP contribution in [0.3, 0.4) is 0 Å². The molecule has 1 amide bonds. The van der Waals surface area contributed by atoms with E-state index in [2.05, 4.69) is 19.2 Å². The summed E-state index contributed by atoms with van der Waals surface area (Å²) < 4.78 is 0. The first-order valence-electron chi connectivity index (χ1n) is 6.01. The largest absolute Gasteiger partial charge is 0.356 e. The van der Waals surface area contributed by atoms with Crippen LogP contribution in [0.25, 0.3) is 0 Å². The lowest BCUT2D eigenvalue weighted by Gasteiger charge is -2.61. The molecule has 0 aromatic heterocycles. The molecule has 3 saturated carbocycles. The van der Waals surface area contributed by atoms with Crippen molar-refractivity contribution in [1.82, 2.24) is 5.32 Å². The van der Waals surface area contributed by atoms with Gasteiger partial charge in [-0.1, -0.05) is 13.8 Å². The maximum atomic E-state index is 11.8. The van der Waals surface area contributed by atoms with Crippen molar-refractivity contribution >= 4 is 5.91 Å². The summed E-state index contributed by atoms with van der Waals surface area (Å²) in [6.07, 6.45) is 2.21. The molecule has 3 rings (SSSR count). The quantitative estimate of drug-likeness (QED) is 0.718. The molecule has 0 saturated heterocycles. The van der Waals surface area contributed by atoms with Crippen LogP contribution in [0.15, 0.2) is 0 Å². The lowest BCUT2D eigenvalue weighted by molar-refractivity contribution is -0.143. The Morgan fingerprint density at radius 1 is 1.47 bits per heavy atom. The molecule has 0 aromatic carbocycles. The number of hydrogen-bond donors (Lipinski definition) is 2. The van der Waals surface area contributed by atoms with Gasteiger partial charge in [-0.2, -0.15) is 0 Å². The van der Waals surface area contributed by atoms with E-state index in [1.807, 2.05) is 6.92 Å². The van der Waals surface area contributed by atoms with Crippen molar-refractivity contribution in [2.45, 2.75) is 39.7 Å². The molecular formula is C12H22N2O. The number of fused-ring (bicyclic) bond motifs is 2. The fraction of sp³-hybridized carbons (Fsp3) is 0.917. The molecular weight excluding hydrogens is 188 g/mol. The molecule has 15 heavy (non-hydrogen) atoms. The van der Waals surface area contributed by atoms with Gasteiger partial charge in [0.15, 0.2) is 0 Å². The smallest absolute Gasteiger partial charge is 0.224 e. The van der Waals surface area contributed by atoms with Gasteiger partial charge in [-0.05, 0) is 37.0 Å². The predicted octanol–water partition coefficient (Wildman–Crippen LogP) is 1.13. The van der Waals surface area contributed by atoms with Crippen molar-refractivity contribution in [3.63, 3.8) is 0 Å². The van der Waals surface area contributed by atoms with Crippen LogP contribution in [0, 0.1) is 23.2 Å². The van der Waals surface area contributed by atoms with Gasteiger partial charge in [0.25, 0.3) is 0 Å². The minimum absolute atomic E-state index is 0.0572. The topological polar surface area (TPSA) is 55.1 Å². The molecule has 3 fully saturated rings. The van der Waals surface area contributed by atoms with Gasteiger partial charge in [0, 0.05) is 12.6 Å². The number of amides is 1. The van der Waals surface area contributed by atoms with E-state index >= 15 is 0 Å². The molecule has 0 spiro atoms. The maximum absolute atomic E-state index is 11.8. The van der Waals surface area contributed by atoms with Gasteiger partial charge in [-0.25, -0.2) is 0 Å². The van der Waals surface area contributed by atoms with E-state index in [0.29, 0.717) is 23.8 Å². The van der Waals surface area contributed by atoms with E-state index in [9.17, 15) is 4.79 Å². The first-order chi connectivity index (χ1) is 6.98. The van der Waals surface area contributed by atoms with E-state index < -0.39 is 0 Å². The summed E-state index contributed by atoms with van der Waals surface area (Å²) in [4.78, 5) is 11.8. The molecule has 3 aliphatic rings. The Hall–Kier alpha value is -0.570. The van der Waals surface area contributed by atoms with Gasteiger partial charge in [0.2, 0.25) is 5.91 Å². The Morgan fingerprint density at radius 3 is 2.60 bits per heavy atom. The molecule has 4 atom stereocenters. The number of rotatable bonds is 2. The molecule has 0 aromatic rings. The van der Waals surface area contributed by atoms with Crippen molar-refractivity contribution in [1.29, 1.82) is 0 Å². The van der Waals surface area contributed by atoms with E-state index in [-0.39, 0.29) is 17.9 Å². The SMILES string of the molecule is CCNC(=O)C1C[C@@H]2C[C@H]([C@@H]1N)C2(C)C. The average Bonchev–Trinajstić information content (AvgIpc) is 2.17. The Labute approximate surface area is 91.8 Å². The van der Waals surface area contributed by atoms with Crippen molar-refractivity contribution in [3.05, 3.63) is 0 Å². The number of nitrogens with one attached hydrogen (secondary N) is 1. The Kier molecular flexibility index (Phi) is 2.53. The summed E-state index contributed by atoms with van der Waals surface area (Å²) in [6, 6.07) is 0.0662. The minimum Gasteiger partial charge on any atom is -0.356 e. The summed E-state index contributed by atoms with van der Waals surface area (Å²) in [6.45, 7) is 7.25. The van der Waals surface area contributed by atoms with Crippen molar-refractivity contribution in [3.8, 4) is 0 Å². The second-order valence-corrected chi connectivity index (χ2v) is 5.67. The molecule has 0 heterocycles. The van der Waals surface area contributed by atoms with E-state index in [1.165, 1.54) is 6.42 Å².